The van der Waals surface area contributed by atoms with E-state index in [-0.39, 0.29) is 5.82 Å². The minimum atomic E-state index is -0.197. The molecule has 2 aromatic rings. The van der Waals surface area contributed by atoms with Crippen molar-refractivity contribution in [2.45, 2.75) is 13.0 Å². The van der Waals surface area contributed by atoms with Crippen LogP contribution in [0.15, 0.2) is 54.6 Å². The standard InChI is InChI=1S/C19H18FNO/c20-19-6-4-17(5-7-19)18-8-10-21(11-9-18)13-15-2-1-3-16(12-15)14-22/h1-8,12,14H,9-11,13H2. The van der Waals surface area contributed by atoms with E-state index in [1.807, 2.05) is 36.4 Å². The molecule has 22 heavy (non-hydrogen) atoms. The van der Waals surface area contributed by atoms with Gasteiger partial charge in [0.05, 0.1) is 0 Å². The topological polar surface area (TPSA) is 20.3 Å². The molecule has 0 unspecified atom stereocenters. The number of hydrogen-bond donors (Lipinski definition) is 0. The van der Waals surface area contributed by atoms with Crippen molar-refractivity contribution in [3.63, 3.8) is 0 Å². The summed E-state index contributed by atoms with van der Waals surface area (Å²) in [7, 11) is 0. The van der Waals surface area contributed by atoms with Gasteiger partial charge in [0.1, 0.15) is 12.1 Å². The zero-order valence-electron chi connectivity index (χ0n) is 12.3. The zero-order valence-corrected chi connectivity index (χ0v) is 12.3. The zero-order chi connectivity index (χ0) is 15.4. The second kappa shape index (κ2) is 6.67. The first-order chi connectivity index (χ1) is 10.7. The van der Waals surface area contributed by atoms with Crippen LogP contribution in [-0.4, -0.2) is 24.3 Å². The fourth-order valence-electron chi connectivity index (χ4n) is 2.80. The molecule has 3 rings (SSSR count). The highest BCUT2D eigenvalue weighted by molar-refractivity contribution is 5.74. The number of halogens is 1. The molecular formula is C19H18FNO. The molecule has 0 saturated carbocycles. The number of carbonyl (C=O) groups is 1. The maximum atomic E-state index is 13.0. The van der Waals surface area contributed by atoms with E-state index in [2.05, 4.69) is 11.0 Å². The van der Waals surface area contributed by atoms with Crippen LogP contribution in [0, 0.1) is 5.82 Å². The first kappa shape index (κ1) is 14.7. The Bertz CT molecular complexity index is 691. The lowest BCUT2D eigenvalue weighted by Gasteiger charge is -2.26. The highest BCUT2D eigenvalue weighted by Gasteiger charge is 2.13. The Morgan fingerprint density at radius 3 is 2.64 bits per heavy atom. The molecular weight excluding hydrogens is 277 g/mol. The molecule has 0 saturated heterocycles. The number of hydrogen-bond acceptors (Lipinski definition) is 2. The highest BCUT2D eigenvalue weighted by Crippen LogP contribution is 2.23. The molecule has 0 spiro atoms. The predicted molar refractivity (Wildman–Crippen MR) is 86.1 cm³/mol. The van der Waals surface area contributed by atoms with Crippen LogP contribution < -0.4 is 0 Å². The second-order valence-electron chi connectivity index (χ2n) is 5.58. The summed E-state index contributed by atoms with van der Waals surface area (Å²) in [4.78, 5) is 13.2. The van der Waals surface area contributed by atoms with Crippen LogP contribution in [-0.2, 0) is 6.54 Å². The number of carbonyl (C=O) groups excluding carboxylic acids is 1. The van der Waals surface area contributed by atoms with E-state index >= 15 is 0 Å². The van der Waals surface area contributed by atoms with Gasteiger partial charge in [0.15, 0.2) is 0 Å². The van der Waals surface area contributed by atoms with Crippen molar-refractivity contribution >= 4 is 11.9 Å². The Morgan fingerprint density at radius 2 is 1.95 bits per heavy atom. The smallest absolute Gasteiger partial charge is 0.150 e. The third-order valence-electron chi connectivity index (χ3n) is 4.00. The van der Waals surface area contributed by atoms with Gasteiger partial charge in [-0.15, -0.1) is 0 Å². The first-order valence-corrected chi connectivity index (χ1v) is 7.46. The number of nitrogens with zero attached hydrogens (tertiary/aromatic N) is 1. The molecule has 3 heteroatoms. The molecule has 1 aliphatic rings. The average Bonchev–Trinajstić information content (AvgIpc) is 2.57. The predicted octanol–water partition coefficient (Wildman–Crippen LogP) is 3.93. The Balaban J connectivity index is 1.65. The molecule has 2 aromatic carbocycles. The van der Waals surface area contributed by atoms with Gasteiger partial charge in [-0.2, -0.15) is 0 Å². The van der Waals surface area contributed by atoms with E-state index in [1.165, 1.54) is 17.7 Å². The quantitative estimate of drug-likeness (QED) is 0.797. The van der Waals surface area contributed by atoms with E-state index in [0.717, 1.165) is 49.0 Å². The molecule has 0 aromatic heterocycles. The van der Waals surface area contributed by atoms with Gasteiger partial charge in [0.25, 0.3) is 0 Å². The Morgan fingerprint density at radius 1 is 1.14 bits per heavy atom. The van der Waals surface area contributed by atoms with E-state index in [9.17, 15) is 9.18 Å². The fourth-order valence-corrected chi connectivity index (χ4v) is 2.80. The third kappa shape index (κ3) is 3.49. The first-order valence-electron chi connectivity index (χ1n) is 7.46. The second-order valence-corrected chi connectivity index (χ2v) is 5.58. The van der Waals surface area contributed by atoms with Crippen molar-refractivity contribution in [1.29, 1.82) is 0 Å². The largest absolute Gasteiger partial charge is 0.298 e. The van der Waals surface area contributed by atoms with Gasteiger partial charge >= 0.3 is 0 Å². The lowest BCUT2D eigenvalue weighted by molar-refractivity contribution is 0.112. The van der Waals surface area contributed by atoms with Crippen LogP contribution in [0.25, 0.3) is 5.57 Å². The van der Waals surface area contributed by atoms with Crippen LogP contribution in [0.3, 0.4) is 0 Å². The molecule has 0 amide bonds. The van der Waals surface area contributed by atoms with Crippen LogP contribution in [0.5, 0.6) is 0 Å². The van der Waals surface area contributed by atoms with E-state index < -0.39 is 0 Å². The lowest BCUT2D eigenvalue weighted by Crippen LogP contribution is -2.28. The van der Waals surface area contributed by atoms with Gasteiger partial charge in [-0.1, -0.05) is 36.4 Å². The van der Waals surface area contributed by atoms with Crippen molar-refractivity contribution in [2.75, 3.05) is 13.1 Å². The minimum Gasteiger partial charge on any atom is -0.298 e. The molecule has 0 N–H and O–H groups in total. The number of rotatable bonds is 4. The summed E-state index contributed by atoms with van der Waals surface area (Å²) in [6.07, 6.45) is 4.05. The molecule has 0 aliphatic carbocycles. The van der Waals surface area contributed by atoms with Crippen LogP contribution in [0.4, 0.5) is 4.39 Å². The Hall–Kier alpha value is -2.26. The highest BCUT2D eigenvalue weighted by atomic mass is 19.1. The molecule has 0 radical (unpaired) electrons. The fraction of sp³-hybridized carbons (Fsp3) is 0.211. The number of aldehydes is 1. The van der Waals surface area contributed by atoms with Gasteiger partial charge < -0.3 is 0 Å². The van der Waals surface area contributed by atoms with Gasteiger partial charge in [-0.05, 0) is 41.3 Å². The van der Waals surface area contributed by atoms with Gasteiger partial charge in [0.2, 0.25) is 0 Å². The Labute approximate surface area is 129 Å². The molecule has 1 heterocycles. The van der Waals surface area contributed by atoms with E-state index in [0.29, 0.717) is 0 Å². The minimum absolute atomic E-state index is 0.197. The molecule has 112 valence electrons. The summed E-state index contributed by atoms with van der Waals surface area (Å²) >= 11 is 0. The van der Waals surface area contributed by atoms with Gasteiger partial charge in [-0.3, -0.25) is 9.69 Å². The summed E-state index contributed by atoms with van der Waals surface area (Å²) in [6, 6.07) is 14.4. The Kier molecular flexibility index (Phi) is 4.45. The third-order valence-corrected chi connectivity index (χ3v) is 4.00. The maximum absolute atomic E-state index is 13.0. The van der Waals surface area contributed by atoms with Crippen LogP contribution in [0.1, 0.15) is 27.9 Å². The maximum Gasteiger partial charge on any atom is 0.150 e. The van der Waals surface area contributed by atoms with Crippen molar-refractivity contribution in [1.82, 2.24) is 4.90 Å². The molecule has 1 aliphatic heterocycles. The normalized spacial score (nSPS) is 15.4. The van der Waals surface area contributed by atoms with E-state index in [4.69, 9.17) is 0 Å². The SMILES string of the molecule is O=Cc1cccc(CN2CC=C(c3ccc(F)cc3)CC2)c1. The molecule has 0 bridgehead atoms. The lowest BCUT2D eigenvalue weighted by atomic mass is 9.99. The van der Waals surface area contributed by atoms with Crippen molar-refractivity contribution in [2.24, 2.45) is 0 Å². The average molecular weight is 295 g/mol. The number of benzene rings is 2. The van der Waals surface area contributed by atoms with Crippen LogP contribution in [0.2, 0.25) is 0 Å². The summed E-state index contributed by atoms with van der Waals surface area (Å²) < 4.78 is 13.0. The molecule has 0 fully saturated rings. The summed E-state index contributed by atoms with van der Waals surface area (Å²) in [6.45, 7) is 2.68. The van der Waals surface area contributed by atoms with Crippen LogP contribution >= 0.6 is 0 Å². The molecule has 2 nitrogen and oxygen atoms in total. The van der Waals surface area contributed by atoms with E-state index in [1.54, 1.807) is 0 Å². The summed E-state index contributed by atoms with van der Waals surface area (Å²) in [5.41, 5.74) is 4.25. The van der Waals surface area contributed by atoms with Crippen molar-refractivity contribution in [3.05, 3.63) is 77.1 Å². The summed E-state index contributed by atoms with van der Waals surface area (Å²) in [5.74, 6) is -0.197. The summed E-state index contributed by atoms with van der Waals surface area (Å²) in [5, 5.41) is 0. The van der Waals surface area contributed by atoms with Crippen molar-refractivity contribution < 1.29 is 9.18 Å². The van der Waals surface area contributed by atoms with Gasteiger partial charge in [0, 0.05) is 25.2 Å². The molecule has 0 atom stereocenters. The van der Waals surface area contributed by atoms with Crippen molar-refractivity contribution in [3.8, 4) is 0 Å². The monoisotopic (exact) mass is 295 g/mol. The van der Waals surface area contributed by atoms with Gasteiger partial charge in [-0.25, -0.2) is 4.39 Å².